The van der Waals surface area contributed by atoms with Crippen molar-refractivity contribution in [2.45, 2.75) is 52.5 Å². The number of hydrogen-bond acceptors (Lipinski definition) is 6. The van der Waals surface area contributed by atoms with Crippen molar-refractivity contribution in [3.63, 3.8) is 0 Å². The third-order valence-corrected chi connectivity index (χ3v) is 4.81. The van der Waals surface area contributed by atoms with Gasteiger partial charge < -0.3 is 14.8 Å². The van der Waals surface area contributed by atoms with Crippen LogP contribution in [-0.4, -0.2) is 58.2 Å². The first-order valence-electron chi connectivity index (χ1n) is 10.2. The largest absolute Gasteiger partial charge is 0.461 e. The lowest BCUT2D eigenvalue weighted by atomic mass is 10.1. The predicted octanol–water partition coefficient (Wildman–Crippen LogP) is 1.81. The van der Waals surface area contributed by atoms with Crippen molar-refractivity contribution in [3.05, 3.63) is 34.4 Å². The first-order chi connectivity index (χ1) is 14.1. The Balaban J connectivity index is 1.65. The van der Waals surface area contributed by atoms with Gasteiger partial charge in [-0.3, -0.25) is 14.6 Å². The molecule has 3 rings (SSSR count). The van der Waals surface area contributed by atoms with E-state index >= 15 is 0 Å². The average molecular weight is 403 g/mol. The van der Waals surface area contributed by atoms with Crippen molar-refractivity contribution in [3.8, 4) is 0 Å². The minimum absolute atomic E-state index is 0.0645. The number of hydrogen-bond donors (Lipinski definition) is 2. The maximum absolute atomic E-state index is 12.7. The maximum Gasteiger partial charge on any atom is 0.358 e. The molecule has 9 nitrogen and oxygen atoms in total. The maximum atomic E-state index is 12.7. The summed E-state index contributed by atoms with van der Waals surface area (Å²) in [4.78, 5) is 24.7. The lowest BCUT2D eigenvalue weighted by molar-refractivity contribution is 0.0487. The topological polar surface area (TPSA) is 111 Å². The Bertz CT molecular complexity index is 842. The van der Waals surface area contributed by atoms with Gasteiger partial charge in [-0.2, -0.15) is 10.2 Å². The van der Waals surface area contributed by atoms with Gasteiger partial charge in [-0.15, -0.1) is 0 Å². The van der Waals surface area contributed by atoms with Gasteiger partial charge in [-0.25, -0.2) is 4.79 Å². The van der Waals surface area contributed by atoms with Crippen molar-refractivity contribution >= 4 is 11.9 Å². The summed E-state index contributed by atoms with van der Waals surface area (Å²) in [5.41, 5.74) is 3.52. The van der Waals surface area contributed by atoms with E-state index in [-0.39, 0.29) is 18.2 Å². The number of rotatable bonds is 6. The first kappa shape index (κ1) is 21.0. The molecule has 0 saturated carbocycles. The van der Waals surface area contributed by atoms with E-state index in [4.69, 9.17) is 9.47 Å². The number of aromatic amines is 1. The Labute approximate surface area is 170 Å². The Hall–Kier alpha value is -2.68. The molecule has 1 amide bonds. The van der Waals surface area contributed by atoms with Crippen molar-refractivity contribution in [1.29, 1.82) is 0 Å². The Morgan fingerprint density at radius 3 is 2.93 bits per heavy atom. The van der Waals surface area contributed by atoms with E-state index in [2.05, 4.69) is 20.6 Å². The van der Waals surface area contributed by atoms with Gasteiger partial charge in [0.2, 0.25) is 0 Å². The molecule has 158 valence electrons. The fourth-order valence-electron chi connectivity index (χ4n) is 3.38. The highest BCUT2D eigenvalue weighted by molar-refractivity contribution is 5.96. The van der Waals surface area contributed by atoms with Crippen LogP contribution in [0.2, 0.25) is 0 Å². The van der Waals surface area contributed by atoms with Gasteiger partial charge in [0, 0.05) is 38.4 Å². The van der Waals surface area contributed by atoms with Gasteiger partial charge in [0.05, 0.1) is 23.6 Å². The van der Waals surface area contributed by atoms with Crippen molar-refractivity contribution in [2.75, 3.05) is 26.4 Å². The lowest BCUT2D eigenvalue weighted by Gasteiger charge is -2.10. The highest BCUT2D eigenvalue weighted by atomic mass is 16.5. The van der Waals surface area contributed by atoms with Gasteiger partial charge in [-0.05, 0) is 38.7 Å². The standard InChI is InChI=1S/C20H29N5O4/c1-3-15-18-17(7-4-10-28-11-5-8-21-19(18)26)25(24-15)9-6-12-29-20(27)16-13-14(2)22-23-16/h13H,3-12H2,1-2H3,(H,21,26)(H,22,23). The second-order valence-corrected chi connectivity index (χ2v) is 7.10. The molecule has 0 saturated heterocycles. The summed E-state index contributed by atoms with van der Waals surface area (Å²) in [6.45, 7) is 6.58. The summed E-state index contributed by atoms with van der Waals surface area (Å²) in [7, 11) is 0. The highest BCUT2D eigenvalue weighted by Crippen LogP contribution is 2.19. The molecule has 1 aliphatic rings. The van der Waals surface area contributed by atoms with E-state index in [1.54, 1.807) is 6.07 Å². The number of amides is 1. The zero-order valence-electron chi connectivity index (χ0n) is 17.1. The molecule has 0 aromatic carbocycles. The number of nitrogens with zero attached hydrogens (tertiary/aromatic N) is 3. The van der Waals surface area contributed by atoms with Crippen LogP contribution in [0.3, 0.4) is 0 Å². The zero-order chi connectivity index (χ0) is 20.6. The molecule has 1 aliphatic heterocycles. The molecule has 3 heterocycles. The van der Waals surface area contributed by atoms with Crippen LogP contribution in [0.1, 0.15) is 64.1 Å². The van der Waals surface area contributed by atoms with Gasteiger partial charge in [0.1, 0.15) is 0 Å². The molecule has 29 heavy (non-hydrogen) atoms. The lowest BCUT2D eigenvalue weighted by Crippen LogP contribution is -2.26. The third-order valence-electron chi connectivity index (χ3n) is 4.81. The minimum atomic E-state index is -0.445. The van der Waals surface area contributed by atoms with Gasteiger partial charge in [-0.1, -0.05) is 6.92 Å². The average Bonchev–Trinajstić information content (AvgIpc) is 3.29. The zero-order valence-corrected chi connectivity index (χ0v) is 17.1. The first-order valence-corrected chi connectivity index (χ1v) is 10.2. The number of carbonyl (C=O) groups excluding carboxylic acids is 2. The molecule has 0 fully saturated rings. The second-order valence-electron chi connectivity index (χ2n) is 7.10. The smallest absolute Gasteiger partial charge is 0.358 e. The molecule has 0 aliphatic carbocycles. The van der Waals surface area contributed by atoms with Crippen molar-refractivity contribution in [1.82, 2.24) is 25.3 Å². The van der Waals surface area contributed by atoms with Crippen LogP contribution in [0.4, 0.5) is 0 Å². The number of ether oxygens (including phenoxy) is 2. The fourth-order valence-corrected chi connectivity index (χ4v) is 3.38. The molecule has 0 spiro atoms. The van der Waals surface area contributed by atoms with E-state index in [9.17, 15) is 9.59 Å². The summed E-state index contributed by atoms with van der Waals surface area (Å²) in [6.07, 6.45) is 3.65. The summed E-state index contributed by atoms with van der Waals surface area (Å²) < 4.78 is 12.8. The summed E-state index contributed by atoms with van der Waals surface area (Å²) in [6, 6.07) is 1.65. The number of aryl methyl sites for hydroxylation is 3. The van der Waals surface area contributed by atoms with Crippen LogP contribution in [-0.2, 0) is 28.9 Å². The number of aromatic nitrogens is 4. The number of esters is 1. The number of nitrogens with one attached hydrogen (secondary N) is 2. The number of H-pyrrole nitrogens is 1. The van der Waals surface area contributed by atoms with Crippen LogP contribution in [0.25, 0.3) is 0 Å². The Morgan fingerprint density at radius 2 is 2.17 bits per heavy atom. The van der Waals surface area contributed by atoms with Crippen LogP contribution in [0.15, 0.2) is 6.07 Å². The Morgan fingerprint density at radius 1 is 1.34 bits per heavy atom. The molecule has 0 bridgehead atoms. The SMILES string of the molecule is CCc1nn(CCCOC(=O)c2cc(C)[nH]n2)c2c1C(=O)NCCCOCCC2. The van der Waals surface area contributed by atoms with Crippen molar-refractivity contribution in [2.24, 2.45) is 0 Å². The second kappa shape index (κ2) is 10.2. The molecule has 0 radical (unpaired) electrons. The summed E-state index contributed by atoms with van der Waals surface area (Å²) in [5, 5.41) is 14.3. The van der Waals surface area contributed by atoms with E-state index in [0.717, 1.165) is 36.3 Å². The molecule has 2 N–H and O–H groups in total. The van der Waals surface area contributed by atoms with Crippen LogP contribution in [0, 0.1) is 6.92 Å². The van der Waals surface area contributed by atoms with E-state index in [0.29, 0.717) is 44.7 Å². The third kappa shape index (κ3) is 5.44. The quantitative estimate of drug-likeness (QED) is 0.562. The van der Waals surface area contributed by atoms with Crippen LogP contribution >= 0.6 is 0 Å². The fraction of sp³-hybridized carbons (Fsp3) is 0.600. The molecular formula is C20H29N5O4. The normalized spacial score (nSPS) is 15.3. The van der Waals surface area contributed by atoms with Crippen LogP contribution < -0.4 is 5.32 Å². The predicted molar refractivity (Wildman–Crippen MR) is 106 cm³/mol. The molecule has 0 atom stereocenters. The molecule has 2 aromatic heterocycles. The van der Waals surface area contributed by atoms with E-state index < -0.39 is 5.97 Å². The highest BCUT2D eigenvalue weighted by Gasteiger charge is 2.23. The van der Waals surface area contributed by atoms with E-state index in [1.165, 1.54) is 0 Å². The summed E-state index contributed by atoms with van der Waals surface area (Å²) in [5.74, 6) is -0.509. The summed E-state index contributed by atoms with van der Waals surface area (Å²) >= 11 is 0. The molecule has 2 aromatic rings. The van der Waals surface area contributed by atoms with Gasteiger partial charge in [0.15, 0.2) is 5.69 Å². The van der Waals surface area contributed by atoms with E-state index in [1.807, 2.05) is 18.5 Å². The van der Waals surface area contributed by atoms with Gasteiger partial charge >= 0.3 is 5.97 Å². The Kier molecular flexibility index (Phi) is 7.40. The number of carbonyl (C=O) groups is 2. The van der Waals surface area contributed by atoms with Crippen LogP contribution in [0.5, 0.6) is 0 Å². The minimum Gasteiger partial charge on any atom is -0.461 e. The number of fused-ring (bicyclic) bond motifs is 1. The van der Waals surface area contributed by atoms with Crippen molar-refractivity contribution < 1.29 is 19.1 Å². The van der Waals surface area contributed by atoms with Gasteiger partial charge in [0.25, 0.3) is 5.91 Å². The molecular weight excluding hydrogens is 374 g/mol. The molecule has 9 heteroatoms. The monoisotopic (exact) mass is 403 g/mol. The molecule has 0 unspecified atom stereocenters.